The van der Waals surface area contributed by atoms with Crippen LogP contribution < -0.4 is 9.47 Å². The van der Waals surface area contributed by atoms with Crippen LogP contribution in [-0.2, 0) is 16.1 Å². The van der Waals surface area contributed by atoms with E-state index in [-0.39, 0.29) is 0 Å². The van der Waals surface area contributed by atoms with Crippen LogP contribution in [0.3, 0.4) is 0 Å². The molecule has 1 rings (SSSR count). The van der Waals surface area contributed by atoms with E-state index in [1.807, 2.05) is 19.1 Å². The molecule has 0 bridgehead atoms. The quantitative estimate of drug-likeness (QED) is 0.582. The van der Waals surface area contributed by atoms with Crippen LogP contribution in [0.2, 0.25) is 0 Å². The number of likely N-dealkylation sites (N-methyl/N-ethyl adjacent to an activating group) is 1. The third-order valence-corrected chi connectivity index (χ3v) is 2.75. The summed E-state index contributed by atoms with van der Waals surface area (Å²) in [7, 11) is 4.71. The highest BCUT2D eigenvalue weighted by atomic mass is 16.5. The molecule has 5 heteroatoms. The van der Waals surface area contributed by atoms with E-state index in [1.54, 1.807) is 21.3 Å². The number of nitrogens with zero attached hydrogens (tertiary/aromatic N) is 1. The molecular formula is C13H17NO4. The molecule has 1 amide bonds. The largest absolute Gasteiger partial charge is 0.496 e. The molecule has 18 heavy (non-hydrogen) atoms. The van der Waals surface area contributed by atoms with Crippen molar-refractivity contribution >= 4 is 12.2 Å². The highest BCUT2D eigenvalue weighted by molar-refractivity contribution is 6.23. The van der Waals surface area contributed by atoms with Gasteiger partial charge in [0.2, 0.25) is 6.29 Å². The summed E-state index contributed by atoms with van der Waals surface area (Å²) >= 11 is 0. The molecule has 1 aromatic rings. The molecular weight excluding hydrogens is 234 g/mol. The Morgan fingerprint density at radius 3 is 2.50 bits per heavy atom. The lowest BCUT2D eigenvalue weighted by molar-refractivity contribution is -0.138. The standard InChI is InChI=1S/C13H17NO4/c1-9-11(17-3)6-5-10(13(9)18-4)7-14(2)12(16)8-15/h5-6,8H,7H2,1-4H3. The topological polar surface area (TPSA) is 55.8 Å². The van der Waals surface area contributed by atoms with Gasteiger partial charge < -0.3 is 14.4 Å². The van der Waals surface area contributed by atoms with E-state index in [9.17, 15) is 9.59 Å². The van der Waals surface area contributed by atoms with Crippen molar-refractivity contribution in [2.75, 3.05) is 21.3 Å². The molecule has 0 heterocycles. The fourth-order valence-electron chi connectivity index (χ4n) is 1.78. The summed E-state index contributed by atoms with van der Waals surface area (Å²) in [5, 5.41) is 0. The van der Waals surface area contributed by atoms with Gasteiger partial charge in [-0.3, -0.25) is 9.59 Å². The van der Waals surface area contributed by atoms with Gasteiger partial charge in [0.25, 0.3) is 5.91 Å². The number of hydrogen-bond acceptors (Lipinski definition) is 4. The zero-order valence-corrected chi connectivity index (χ0v) is 11.0. The van der Waals surface area contributed by atoms with Crippen molar-refractivity contribution < 1.29 is 19.1 Å². The molecule has 0 N–H and O–H groups in total. The zero-order chi connectivity index (χ0) is 13.7. The number of ether oxygens (including phenoxy) is 2. The Bertz CT molecular complexity index is 457. The minimum absolute atomic E-state index is 0.295. The number of methoxy groups -OCH3 is 2. The Hall–Kier alpha value is -2.04. The molecule has 0 aliphatic rings. The fraction of sp³-hybridized carbons (Fsp3) is 0.385. The van der Waals surface area contributed by atoms with Gasteiger partial charge in [0.05, 0.1) is 14.2 Å². The number of carbonyl (C=O) groups is 2. The second-order valence-electron chi connectivity index (χ2n) is 3.90. The first-order chi connectivity index (χ1) is 8.54. The van der Waals surface area contributed by atoms with Crippen molar-refractivity contribution in [2.24, 2.45) is 0 Å². The molecule has 1 aromatic carbocycles. The maximum absolute atomic E-state index is 11.2. The van der Waals surface area contributed by atoms with Crippen LogP contribution in [0.5, 0.6) is 11.5 Å². The van der Waals surface area contributed by atoms with Crippen molar-refractivity contribution in [1.29, 1.82) is 0 Å². The van der Waals surface area contributed by atoms with Crippen molar-refractivity contribution in [3.63, 3.8) is 0 Å². The van der Waals surface area contributed by atoms with Crippen molar-refractivity contribution in [2.45, 2.75) is 13.5 Å². The van der Waals surface area contributed by atoms with Gasteiger partial charge in [-0.2, -0.15) is 0 Å². The Kier molecular flexibility index (Phi) is 4.71. The smallest absolute Gasteiger partial charge is 0.286 e. The molecule has 0 unspecified atom stereocenters. The SMILES string of the molecule is COc1ccc(CN(C)C(=O)C=O)c(OC)c1C. The average molecular weight is 251 g/mol. The first-order valence-electron chi connectivity index (χ1n) is 5.45. The lowest BCUT2D eigenvalue weighted by Gasteiger charge is -2.18. The maximum Gasteiger partial charge on any atom is 0.286 e. The normalized spacial score (nSPS) is 9.78. The Morgan fingerprint density at radius 2 is 2.00 bits per heavy atom. The lowest BCUT2D eigenvalue weighted by Crippen LogP contribution is -2.27. The predicted molar refractivity (Wildman–Crippen MR) is 66.8 cm³/mol. The molecule has 0 spiro atoms. The maximum atomic E-state index is 11.2. The Labute approximate surface area is 106 Å². The molecule has 0 fully saturated rings. The number of rotatable bonds is 5. The van der Waals surface area contributed by atoms with Crippen molar-refractivity contribution in [1.82, 2.24) is 4.90 Å². The number of hydrogen-bond donors (Lipinski definition) is 0. The summed E-state index contributed by atoms with van der Waals surface area (Å²) in [6, 6.07) is 3.63. The van der Waals surface area contributed by atoms with E-state index in [0.29, 0.717) is 18.6 Å². The predicted octanol–water partition coefficient (Wildman–Crippen LogP) is 1.17. The summed E-state index contributed by atoms with van der Waals surface area (Å²) < 4.78 is 10.5. The van der Waals surface area contributed by atoms with Crippen LogP contribution in [0.15, 0.2) is 12.1 Å². The van der Waals surface area contributed by atoms with Crippen LogP contribution in [0.4, 0.5) is 0 Å². The van der Waals surface area contributed by atoms with Crippen LogP contribution in [0.25, 0.3) is 0 Å². The second kappa shape index (κ2) is 6.05. The van der Waals surface area contributed by atoms with Gasteiger partial charge in [0.15, 0.2) is 0 Å². The highest BCUT2D eigenvalue weighted by Gasteiger charge is 2.14. The monoisotopic (exact) mass is 251 g/mol. The molecule has 0 aliphatic heterocycles. The molecule has 0 aliphatic carbocycles. The fourth-order valence-corrected chi connectivity index (χ4v) is 1.78. The van der Waals surface area contributed by atoms with E-state index in [0.717, 1.165) is 16.9 Å². The third-order valence-electron chi connectivity index (χ3n) is 2.75. The van der Waals surface area contributed by atoms with Crippen molar-refractivity contribution in [3.05, 3.63) is 23.3 Å². The van der Waals surface area contributed by atoms with Gasteiger partial charge in [-0.25, -0.2) is 0 Å². The second-order valence-corrected chi connectivity index (χ2v) is 3.90. The molecule has 0 saturated carbocycles. The minimum Gasteiger partial charge on any atom is -0.496 e. The summed E-state index contributed by atoms with van der Waals surface area (Å²) in [5.74, 6) is 0.824. The summed E-state index contributed by atoms with van der Waals surface area (Å²) in [6.45, 7) is 2.19. The van der Waals surface area contributed by atoms with Gasteiger partial charge in [0.1, 0.15) is 11.5 Å². The number of aldehydes is 1. The van der Waals surface area contributed by atoms with Gasteiger partial charge in [-0.15, -0.1) is 0 Å². The summed E-state index contributed by atoms with van der Waals surface area (Å²) in [5.41, 5.74) is 1.69. The minimum atomic E-state index is -0.564. The van der Waals surface area contributed by atoms with Crippen molar-refractivity contribution in [3.8, 4) is 11.5 Å². The Morgan fingerprint density at radius 1 is 1.33 bits per heavy atom. The van der Waals surface area contributed by atoms with Gasteiger partial charge in [-0.05, 0) is 19.1 Å². The number of benzene rings is 1. The summed E-state index contributed by atoms with van der Waals surface area (Å²) in [6.07, 6.45) is 0.295. The first-order valence-corrected chi connectivity index (χ1v) is 5.45. The van der Waals surface area contributed by atoms with Gasteiger partial charge in [-0.1, -0.05) is 0 Å². The average Bonchev–Trinajstić information content (AvgIpc) is 2.38. The summed E-state index contributed by atoms with van der Waals surface area (Å²) in [4.78, 5) is 23.0. The molecule has 0 saturated heterocycles. The van der Waals surface area contributed by atoms with E-state index in [4.69, 9.17) is 9.47 Å². The number of carbonyl (C=O) groups excluding carboxylic acids is 2. The molecule has 98 valence electrons. The van der Waals surface area contributed by atoms with Crippen LogP contribution in [0.1, 0.15) is 11.1 Å². The number of amides is 1. The van der Waals surface area contributed by atoms with Crippen LogP contribution in [-0.4, -0.2) is 38.4 Å². The lowest BCUT2D eigenvalue weighted by atomic mass is 10.1. The van der Waals surface area contributed by atoms with E-state index in [1.165, 1.54) is 4.90 Å². The highest BCUT2D eigenvalue weighted by Crippen LogP contribution is 2.31. The third kappa shape index (κ3) is 2.80. The zero-order valence-electron chi connectivity index (χ0n) is 11.0. The van der Waals surface area contributed by atoms with Crippen LogP contribution >= 0.6 is 0 Å². The van der Waals surface area contributed by atoms with E-state index >= 15 is 0 Å². The van der Waals surface area contributed by atoms with E-state index < -0.39 is 5.91 Å². The first kappa shape index (κ1) is 14.0. The molecule has 0 radical (unpaired) electrons. The molecule has 5 nitrogen and oxygen atoms in total. The van der Waals surface area contributed by atoms with Gasteiger partial charge >= 0.3 is 0 Å². The van der Waals surface area contributed by atoms with Crippen LogP contribution in [0, 0.1) is 6.92 Å². The molecule has 0 aromatic heterocycles. The van der Waals surface area contributed by atoms with Gasteiger partial charge in [0, 0.05) is 24.7 Å². The van der Waals surface area contributed by atoms with E-state index in [2.05, 4.69) is 0 Å². The Balaban J connectivity index is 3.06. The molecule has 0 atom stereocenters.